The molecule has 0 bridgehead atoms. The fourth-order valence-electron chi connectivity index (χ4n) is 2.78. The van der Waals surface area contributed by atoms with Gasteiger partial charge in [-0.3, -0.25) is 0 Å². The van der Waals surface area contributed by atoms with Crippen LogP contribution in [0.4, 0.5) is 8.78 Å². The lowest BCUT2D eigenvalue weighted by molar-refractivity contribution is -0.0558. The molecule has 3 rings (SSSR count). The molecular weight excluding hydrogens is 352 g/mol. The van der Waals surface area contributed by atoms with E-state index in [4.69, 9.17) is 4.74 Å². The van der Waals surface area contributed by atoms with Gasteiger partial charge in [-0.2, -0.15) is 18.2 Å². The molecule has 2 heterocycles. The number of morpholine rings is 1. The summed E-state index contributed by atoms with van der Waals surface area (Å²) >= 11 is 0. The van der Waals surface area contributed by atoms with Crippen molar-refractivity contribution in [3.8, 4) is 0 Å². The molecular formula is C16H19F2N3O3S. The molecule has 6 nitrogen and oxygen atoms in total. The molecule has 0 N–H and O–H groups in total. The Bertz CT molecular complexity index is 837. The highest BCUT2D eigenvalue weighted by atomic mass is 32.2. The summed E-state index contributed by atoms with van der Waals surface area (Å²) in [5, 5.41) is 3.59. The van der Waals surface area contributed by atoms with Crippen LogP contribution in [0.25, 0.3) is 0 Å². The molecule has 2 unspecified atom stereocenters. The fraction of sp³-hybridized carbons (Fsp3) is 0.438. The number of rotatable bonds is 4. The standard InChI is InChI=1S/C16H19F2N3O3S/c1-11-3-5-14(6-4-11)25(22,23)20-8-12(2)24-15(10-20)13-7-19-21(9-13)16(17)18/h3-7,9,12,15-16H,8,10H2,1-2H3. The number of hydrogen-bond donors (Lipinski definition) is 0. The second-order valence-electron chi connectivity index (χ2n) is 6.10. The monoisotopic (exact) mass is 371 g/mol. The highest BCUT2D eigenvalue weighted by molar-refractivity contribution is 7.89. The first kappa shape index (κ1) is 18.0. The maximum atomic E-state index is 12.9. The van der Waals surface area contributed by atoms with Crippen molar-refractivity contribution in [1.82, 2.24) is 14.1 Å². The summed E-state index contributed by atoms with van der Waals surface area (Å²) in [4.78, 5) is 0.203. The number of sulfonamides is 1. The molecule has 1 aromatic carbocycles. The zero-order valence-electron chi connectivity index (χ0n) is 13.8. The zero-order valence-corrected chi connectivity index (χ0v) is 14.7. The predicted octanol–water partition coefficient (Wildman–Crippen LogP) is 2.74. The third kappa shape index (κ3) is 3.73. The van der Waals surface area contributed by atoms with Crippen molar-refractivity contribution in [3.05, 3.63) is 47.8 Å². The van der Waals surface area contributed by atoms with Crippen LogP contribution in [0, 0.1) is 6.92 Å². The Morgan fingerprint density at radius 3 is 2.52 bits per heavy atom. The Labute approximate surface area is 145 Å². The lowest BCUT2D eigenvalue weighted by Crippen LogP contribution is -2.45. The molecule has 0 radical (unpaired) electrons. The van der Waals surface area contributed by atoms with Gasteiger partial charge in [0.05, 0.1) is 23.3 Å². The first-order chi connectivity index (χ1) is 11.8. The zero-order chi connectivity index (χ0) is 18.2. The summed E-state index contributed by atoms with van der Waals surface area (Å²) in [5.41, 5.74) is 1.39. The van der Waals surface area contributed by atoms with Crippen LogP contribution in [0.15, 0.2) is 41.6 Å². The second kappa shape index (κ2) is 6.81. The summed E-state index contributed by atoms with van der Waals surface area (Å²) in [5.74, 6) is 0. The molecule has 1 saturated heterocycles. The van der Waals surface area contributed by atoms with Gasteiger partial charge in [0.25, 0.3) is 0 Å². The Morgan fingerprint density at radius 2 is 1.92 bits per heavy atom. The van der Waals surface area contributed by atoms with Gasteiger partial charge in [-0.05, 0) is 26.0 Å². The molecule has 0 spiro atoms. The minimum absolute atomic E-state index is 0.0511. The van der Waals surface area contributed by atoms with Crippen molar-refractivity contribution >= 4 is 10.0 Å². The molecule has 1 aromatic heterocycles. The van der Waals surface area contributed by atoms with Crippen LogP contribution in [-0.2, 0) is 14.8 Å². The molecule has 1 fully saturated rings. The summed E-state index contributed by atoms with van der Waals surface area (Å²) in [6, 6.07) is 6.60. The number of halogens is 2. The van der Waals surface area contributed by atoms with E-state index in [9.17, 15) is 17.2 Å². The minimum Gasteiger partial charge on any atom is -0.368 e. The molecule has 25 heavy (non-hydrogen) atoms. The van der Waals surface area contributed by atoms with Crippen LogP contribution in [0.1, 0.15) is 30.7 Å². The van der Waals surface area contributed by atoms with E-state index < -0.39 is 22.7 Å². The van der Waals surface area contributed by atoms with Gasteiger partial charge in [-0.25, -0.2) is 13.1 Å². The van der Waals surface area contributed by atoms with E-state index in [1.165, 1.54) is 16.7 Å². The molecule has 0 amide bonds. The lowest BCUT2D eigenvalue weighted by Gasteiger charge is -2.35. The van der Waals surface area contributed by atoms with Crippen LogP contribution >= 0.6 is 0 Å². The molecule has 0 saturated carbocycles. The molecule has 2 atom stereocenters. The normalized spacial score (nSPS) is 22.4. The average Bonchev–Trinajstić information content (AvgIpc) is 3.05. The lowest BCUT2D eigenvalue weighted by atomic mass is 10.1. The van der Waals surface area contributed by atoms with Gasteiger partial charge in [-0.15, -0.1) is 0 Å². The van der Waals surface area contributed by atoms with E-state index >= 15 is 0 Å². The van der Waals surface area contributed by atoms with Crippen molar-refractivity contribution in [2.24, 2.45) is 0 Å². The maximum absolute atomic E-state index is 12.9. The highest BCUT2D eigenvalue weighted by Gasteiger charge is 2.35. The topological polar surface area (TPSA) is 64.4 Å². The first-order valence-corrected chi connectivity index (χ1v) is 9.26. The fourth-order valence-corrected chi connectivity index (χ4v) is 4.29. The van der Waals surface area contributed by atoms with E-state index in [2.05, 4.69) is 5.10 Å². The van der Waals surface area contributed by atoms with Gasteiger partial charge >= 0.3 is 6.55 Å². The Kier molecular flexibility index (Phi) is 4.90. The molecule has 136 valence electrons. The molecule has 0 aliphatic carbocycles. The van der Waals surface area contributed by atoms with Gasteiger partial charge in [0.15, 0.2) is 0 Å². The van der Waals surface area contributed by atoms with Crippen molar-refractivity contribution in [1.29, 1.82) is 0 Å². The van der Waals surface area contributed by atoms with Crippen molar-refractivity contribution in [2.45, 2.75) is 37.5 Å². The predicted molar refractivity (Wildman–Crippen MR) is 86.7 cm³/mol. The number of ether oxygens (including phenoxy) is 1. The SMILES string of the molecule is Cc1ccc(S(=O)(=O)N2CC(C)OC(c3cnn(C(F)F)c3)C2)cc1. The summed E-state index contributed by atoms with van der Waals surface area (Å²) in [6.07, 6.45) is 1.46. The van der Waals surface area contributed by atoms with Crippen molar-refractivity contribution < 1.29 is 21.9 Å². The summed E-state index contributed by atoms with van der Waals surface area (Å²) < 4.78 is 58.7. The third-order valence-electron chi connectivity index (χ3n) is 4.08. The van der Waals surface area contributed by atoms with Crippen LogP contribution in [-0.4, -0.2) is 41.7 Å². The van der Waals surface area contributed by atoms with Gasteiger partial charge in [-0.1, -0.05) is 17.7 Å². The smallest absolute Gasteiger partial charge is 0.333 e. The van der Waals surface area contributed by atoms with Crippen molar-refractivity contribution in [2.75, 3.05) is 13.1 Å². The Morgan fingerprint density at radius 1 is 1.24 bits per heavy atom. The van der Waals surface area contributed by atoms with Gasteiger partial charge < -0.3 is 4.74 Å². The summed E-state index contributed by atoms with van der Waals surface area (Å²) in [6.45, 7) is 1.14. The molecule has 2 aromatic rings. The molecule has 1 aliphatic rings. The van der Waals surface area contributed by atoms with Gasteiger partial charge in [0, 0.05) is 24.8 Å². The average molecular weight is 371 g/mol. The van der Waals surface area contributed by atoms with Crippen LogP contribution in [0.5, 0.6) is 0 Å². The number of hydrogen-bond acceptors (Lipinski definition) is 4. The maximum Gasteiger partial charge on any atom is 0.333 e. The quantitative estimate of drug-likeness (QED) is 0.829. The first-order valence-electron chi connectivity index (χ1n) is 7.82. The highest BCUT2D eigenvalue weighted by Crippen LogP contribution is 2.29. The Balaban J connectivity index is 1.85. The minimum atomic E-state index is -3.68. The largest absolute Gasteiger partial charge is 0.368 e. The van der Waals surface area contributed by atoms with E-state index in [1.807, 2.05) is 6.92 Å². The van der Waals surface area contributed by atoms with Crippen molar-refractivity contribution in [3.63, 3.8) is 0 Å². The van der Waals surface area contributed by atoms with Crippen LogP contribution < -0.4 is 0 Å². The second-order valence-corrected chi connectivity index (χ2v) is 8.04. The number of alkyl halides is 2. The summed E-state index contributed by atoms with van der Waals surface area (Å²) in [7, 11) is -3.68. The molecule has 1 aliphatic heterocycles. The van der Waals surface area contributed by atoms with E-state index in [1.54, 1.807) is 31.2 Å². The van der Waals surface area contributed by atoms with E-state index in [0.717, 1.165) is 5.56 Å². The number of aromatic nitrogens is 2. The van der Waals surface area contributed by atoms with Gasteiger partial charge in [0.2, 0.25) is 10.0 Å². The van der Waals surface area contributed by atoms with Crippen LogP contribution in [0.2, 0.25) is 0 Å². The number of benzene rings is 1. The third-order valence-corrected chi connectivity index (χ3v) is 5.92. The Hall–Kier alpha value is -1.84. The van der Waals surface area contributed by atoms with E-state index in [0.29, 0.717) is 10.2 Å². The van der Waals surface area contributed by atoms with Crippen LogP contribution in [0.3, 0.4) is 0 Å². The van der Waals surface area contributed by atoms with E-state index in [-0.39, 0.29) is 24.1 Å². The molecule has 9 heteroatoms. The number of aryl methyl sites for hydroxylation is 1. The van der Waals surface area contributed by atoms with Gasteiger partial charge in [0.1, 0.15) is 0 Å². The number of nitrogens with zero attached hydrogens (tertiary/aromatic N) is 3.